The number of ether oxygens (including phenoxy) is 1. The SMILES string of the molecule is O=C(NCc1ccc(N2CCCC2=O)cc1)C1COc2ccccc2C1. The first-order valence-corrected chi connectivity index (χ1v) is 9.08. The van der Waals surface area contributed by atoms with Crippen molar-refractivity contribution in [1.29, 1.82) is 0 Å². The summed E-state index contributed by atoms with van der Waals surface area (Å²) in [6.45, 7) is 1.68. The average Bonchev–Trinajstić information content (AvgIpc) is 3.12. The molecule has 1 atom stereocenters. The number of nitrogens with one attached hydrogen (secondary N) is 1. The Hall–Kier alpha value is -2.82. The van der Waals surface area contributed by atoms with Crippen LogP contribution >= 0.6 is 0 Å². The number of carbonyl (C=O) groups excluding carboxylic acids is 2. The molecular formula is C21H22N2O3. The van der Waals surface area contributed by atoms with E-state index in [0.717, 1.165) is 35.5 Å². The Labute approximate surface area is 153 Å². The fourth-order valence-electron chi connectivity index (χ4n) is 3.54. The van der Waals surface area contributed by atoms with E-state index in [4.69, 9.17) is 4.74 Å². The quantitative estimate of drug-likeness (QED) is 0.922. The zero-order chi connectivity index (χ0) is 17.9. The fourth-order valence-corrected chi connectivity index (χ4v) is 3.54. The highest BCUT2D eigenvalue weighted by Crippen LogP contribution is 2.27. The number of benzene rings is 2. The molecule has 0 aromatic heterocycles. The molecule has 2 aromatic carbocycles. The van der Waals surface area contributed by atoms with Gasteiger partial charge < -0.3 is 15.0 Å². The second-order valence-electron chi connectivity index (χ2n) is 6.85. The molecule has 2 aliphatic rings. The molecule has 4 rings (SSSR count). The summed E-state index contributed by atoms with van der Waals surface area (Å²) >= 11 is 0. The smallest absolute Gasteiger partial charge is 0.227 e. The van der Waals surface area contributed by atoms with E-state index in [0.29, 0.717) is 26.0 Å². The lowest BCUT2D eigenvalue weighted by Gasteiger charge is -2.24. The molecule has 0 saturated carbocycles. The highest BCUT2D eigenvalue weighted by atomic mass is 16.5. The first-order valence-electron chi connectivity index (χ1n) is 9.08. The standard InChI is InChI=1S/C21H22N2O3/c24-20-6-3-11-23(20)18-9-7-15(8-10-18)13-22-21(25)17-12-16-4-1-2-5-19(16)26-14-17/h1-2,4-5,7-10,17H,3,6,11-14H2,(H,22,25). The summed E-state index contributed by atoms with van der Waals surface area (Å²) in [5.74, 6) is 0.914. The van der Waals surface area contributed by atoms with Gasteiger partial charge in [-0.05, 0) is 42.2 Å². The summed E-state index contributed by atoms with van der Waals surface area (Å²) in [6, 6.07) is 15.7. The molecule has 1 saturated heterocycles. The van der Waals surface area contributed by atoms with Crippen LogP contribution in [0.4, 0.5) is 5.69 Å². The molecule has 5 nitrogen and oxygen atoms in total. The van der Waals surface area contributed by atoms with Gasteiger partial charge in [-0.15, -0.1) is 0 Å². The number of rotatable bonds is 4. The van der Waals surface area contributed by atoms with Gasteiger partial charge in [0, 0.05) is 25.2 Å². The molecule has 0 bridgehead atoms. The van der Waals surface area contributed by atoms with Crippen LogP contribution in [-0.2, 0) is 22.6 Å². The van der Waals surface area contributed by atoms with Gasteiger partial charge in [-0.1, -0.05) is 30.3 Å². The second kappa shape index (κ2) is 7.20. The zero-order valence-electron chi connectivity index (χ0n) is 14.6. The highest BCUT2D eigenvalue weighted by Gasteiger charge is 2.25. The van der Waals surface area contributed by atoms with Crippen LogP contribution < -0.4 is 15.0 Å². The molecule has 2 aliphatic heterocycles. The van der Waals surface area contributed by atoms with Crippen molar-refractivity contribution in [2.24, 2.45) is 5.92 Å². The molecule has 0 radical (unpaired) electrons. The zero-order valence-corrected chi connectivity index (χ0v) is 14.6. The molecule has 1 N–H and O–H groups in total. The minimum atomic E-state index is -0.161. The van der Waals surface area contributed by atoms with Gasteiger partial charge in [0.1, 0.15) is 12.4 Å². The summed E-state index contributed by atoms with van der Waals surface area (Å²) in [4.78, 5) is 26.1. The van der Waals surface area contributed by atoms with Crippen LogP contribution in [0.1, 0.15) is 24.0 Å². The molecular weight excluding hydrogens is 328 g/mol. The minimum absolute atomic E-state index is 0.0123. The summed E-state index contributed by atoms with van der Waals surface area (Å²) in [6.07, 6.45) is 2.26. The van der Waals surface area contributed by atoms with Gasteiger partial charge in [0.05, 0.1) is 5.92 Å². The van der Waals surface area contributed by atoms with Crippen molar-refractivity contribution in [3.8, 4) is 5.75 Å². The molecule has 1 fully saturated rings. The third-order valence-corrected chi connectivity index (χ3v) is 5.04. The summed E-state index contributed by atoms with van der Waals surface area (Å²) in [5.41, 5.74) is 3.03. The van der Waals surface area contributed by atoms with E-state index < -0.39 is 0 Å². The predicted octanol–water partition coefficient (Wildman–Crippen LogP) is 2.68. The Balaban J connectivity index is 1.33. The topological polar surface area (TPSA) is 58.6 Å². The van der Waals surface area contributed by atoms with Gasteiger partial charge in [0.15, 0.2) is 0 Å². The van der Waals surface area contributed by atoms with Crippen LogP contribution in [0.5, 0.6) is 5.75 Å². The number of hydrogen-bond acceptors (Lipinski definition) is 3. The summed E-state index contributed by atoms with van der Waals surface area (Å²) < 4.78 is 5.69. The third-order valence-electron chi connectivity index (χ3n) is 5.04. The lowest BCUT2D eigenvalue weighted by atomic mass is 9.96. The second-order valence-corrected chi connectivity index (χ2v) is 6.85. The van der Waals surface area contributed by atoms with E-state index >= 15 is 0 Å². The van der Waals surface area contributed by atoms with Crippen LogP contribution in [0.2, 0.25) is 0 Å². The van der Waals surface area contributed by atoms with Crippen LogP contribution in [0.3, 0.4) is 0 Å². The van der Waals surface area contributed by atoms with Crippen molar-refractivity contribution >= 4 is 17.5 Å². The number of fused-ring (bicyclic) bond motifs is 1. The Morgan fingerprint density at radius 3 is 2.73 bits per heavy atom. The van der Waals surface area contributed by atoms with Crippen molar-refractivity contribution < 1.29 is 14.3 Å². The van der Waals surface area contributed by atoms with Crippen molar-refractivity contribution in [2.45, 2.75) is 25.8 Å². The summed E-state index contributed by atoms with van der Waals surface area (Å²) in [7, 11) is 0. The average molecular weight is 350 g/mol. The monoisotopic (exact) mass is 350 g/mol. The number of para-hydroxylation sites is 1. The molecule has 0 spiro atoms. The van der Waals surface area contributed by atoms with Gasteiger partial charge in [0.25, 0.3) is 0 Å². The molecule has 0 aliphatic carbocycles. The number of hydrogen-bond donors (Lipinski definition) is 1. The third kappa shape index (κ3) is 3.43. The maximum absolute atomic E-state index is 12.5. The lowest BCUT2D eigenvalue weighted by molar-refractivity contribution is -0.126. The highest BCUT2D eigenvalue weighted by molar-refractivity contribution is 5.95. The van der Waals surface area contributed by atoms with Crippen molar-refractivity contribution in [3.63, 3.8) is 0 Å². The van der Waals surface area contributed by atoms with Gasteiger partial charge in [-0.25, -0.2) is 0 Å². The Morgan fingerprint density at radius 2 is 1.96 bits per heavy atom. The predicted molar refractivity (Wildman–Crippen MR) is 99.0 cm³/mol. The van der Waals surface area contributed by atoms with Gasteiger partial charge >= 0.3 is 0 Å². The molecule has 134 valence electrons. The number of nitrogens with zero attached hydrogens (tertiary/aromatic N) is 1. The van der Waals surface area contributed by atoms with Crippen LogP contribution in [0.15, 0.2) is 48.5 Å². The van der Waals surface area contributed by atoms with Crippen LogP contribution in [0, 0.1) is 5.92 Å². The van der Waals surface area contributed by atoms with Crippen molar-refractivity contribution in [3.05, 3.63) is 59.7 Å². The molecule has 2 amide bonds. The van der Waals surface area contributed by atoms with E-state index in [9.17, 15) is 9.59 Å². The van der Waals surface area contributed by atoms with E-state index in [-0.39, 0.29) is 17.7 Å². The largest absolute Gasteiger partial charge is 0.492 e. The fraction of sp³-hybridized carbons (Fsp3) is 0.333. The van der Waals surface area contributed by atoms with Crippen molar-refractivity contribution in [1.82, 2.24) is 5.32 Å². The Morgan fingerprint density at radius 1 is 1.15 bits per heavy atom. The van der Waals surface area contributed by atoms with Crippen LogP contribution in [-0.4, -0.2) is 25.0 Å². The van der Waals surface area contributed by atoms with Gasteiger partial charge in [0.2, 0.25) is 11.8 Å². The van der Waals surface area contributed by atoms with E-state index in [1.54, 1.807) is 0 Å². The van der Waals surface area contributed by atoms with E-state index in [1.807, 2.05) is 53.4 Å². The maximum Gasteiger partial charge on any atom is 0.227 e. The number of anilines is 1. The molecule has 2 heterocycles. The van der Waals surface area contributed by atoms with Gasteiger partial charge in [-0.2, -0.15) is 0 Å². The minimum Gasteiger partial charge on any atom is -0.492 e. The lowest BCUT2D eigenvalue weighted by Crippen LogP contribution is -2.37. The Kier molecular flexibility index (Phi) is 4.61. The summed E-state index contributed by atoms with van der Waals surface area (Å²) in [5, 5.41) is 3.00. The molecule has 1 unspecified atom stereocenters. The first-order chi connectivity index (χ1) is 12.7. The van der Waals surface area contributed by atoms with E-state index in [1.165, 1.54) is 0 Å². The maximum atomic E-state index is 12.5. The van der Waals surface area contributed by atoms with Gasteiger partial charge in [-0.3, -0.25) is 9.59 Å². The Bertz CT molecular complexity index is 816. The molecule has 26 heavy (non-hydrogen) atoms. The van der Waals surface area contributed by atoms with Crippen LogP contribution in [0.25, 0.3) is 0 Å². The molecule has 5 heteroatoms. The van der Waals surface area contributed by atoms with Crippen molar-refractivity contribution in [2.75, 3.05) is 18.1 Å². The normalized spacial score (nSPS) is 19.0. The first kappa shape index (κ1) is 16.6. The number of carbonyl (C=O) groups is 2. The molecule has 2 aromatic rings. The van der Waals surface area contributed by atoms with E-state index in [2.05, 4.69) is 5.32 Å². The number of amides is 2.